The summed E-state index contributed by atoms with van der Waals surface area (Å²) in [4.78, 5) is 0. The Bertz CT molecular complexity index is 797. The highest BCUT2D eigenvalue weighted by Crippen LogP contribution is 2.34. The molecule has 0 amide bonds. The van der Waals surface area contributed by atoms with Crippen LogP contribution in [0.3, 0.4) is 0 Å². The van der Waals surface area contributed by atoms with Crippen LogP contribution in [0.4, 0.5) is 13.2 Å². The minimum Gasteiger partial charge on any atom is -0.457 e. The van der Waals surface area contributed by atoms with Crippen molar-refractivity contribution in [3.63, 3.8) is 0 Å². The predicted molar refractivity (Wildman–Crippen MR) is 83.9 cm³/mol. The van der Waals surface area contributed by atoms with Crippen molar-refractivity contribution in [2.75, 3.05) is 0 Å². The molecule has 0 aliphatic rings. The van der Waals surface area contributed by atoms with E-state index in [1.807, 2.05) is 30.3 Å². The zero-order chi connectivity index (χ0) is 17.0. The molecular weight excluding hydrogens is 317 g/mol. The summed E-state index contributed by atoms with van der Waals surface area (Å²) in [6.07, 6.45) is -4.70. The van der Waals surface area contributed by atoms with E-state index in [0.717, 1.165) is 5.56 Å². The van der Waals surface area contributed by atoms with Crippen molar-refractivity contribution in [2.24, 2.45) is 0 Å². The van der Waals surface area contributed by atoms with Gasteiger partial charge in [-0.3, -0.25) is 0 Å². The number of hydrogen-bond acceptors (Lipinski definition) is 2. The van der Waals surface area contributed by atoms with Gasteiger partial charge in [-0.1, -0.05) is 42.5 Å². The third-order valence-corrected chi connectivity index (χ3v) is 3.20. The van der Waals surface area contributed by atoms with Crippen molar-refractivity contribution in [1.82, 2.24) is 0 Å². The second-order valence-electron chi connectivity index (χ2n) is 4.91. The molecule has 2 nitrogen and oxygen atoms in total. The molecule has 0 N–H and O–H groups in total. The molecule has 0 atom stereocenters. The van der Waals surface area contributed by atoms with Gasteiger partial charge < -0.3 is 9.47 Å². The third-order valence-electron chi connectivity index (χ3n) is 3.20. The van der Waals surface area contributed by atoms with Gasteiger partial charge in [0.05, 0.1) is 0 Å². The lowest BCUT2D eigenvalue weighted by Gasteiger charge is -2.12. The summed E-state index contributed by atoms with van der Waals surface area (Å²) >= 11 is 0. The highest BCUT2D eigenvalue weighted by molar-refractivity contribution is 5.71. The molecule has 0 aromatic heterocycles. The van der Waals surface area contributed by atoms with E-state index in [4.69, 9.17) is 4.74 Å². The quantitative estimate of drug-likeness (QED) is 0.598. The van der Waals surface area contributed by atoms with Gasteiger partial charge in [0.2, 0.25) is 0 Å². The predicted octanol–water partition coefficient (Wildman–Crippen LogP) is 5.84. The van der Waals surface area contributed by atoms with Crippen LogP contribution in [-0.2, 0) is 0 Å². The van der Waals surface area contributed by atoms with E-state index in [2.05, 4.69) is 10.8 Å². The zero-order valence-electron chi connectivity index (χ0n) is 12.4. The van der Waals surface area contributed by atoms with Crippen molar-refractivity contribution < 1.29 is 22.6 Å². The summed E-state index contributed by atoms with van der Waals surface area (Å²) in [5, 5.41) is 0. The Kier molecular flexibility index (Phi) is 4.42. The molecule has 0 aliphatic heterocycles. The lowest BCUT2D eigenvalue weighted by Crippen LogP contribution is -2.16. The van der Waals surface area contributed by atoms with E-state index in [1.165, 1.54) is 12.1 Å². The van der Waals surface area contributed by atoms with Gasteiger partial charge in [-0.15, -0.1) is 13.2 Å². The largest absolute Gasteiger partial charge is 0.573 e. The number of para-hydroxylation sites is 1. The topological polar surface area (TPSA) is 18.5 Å². The summed E-state index contributed by atoms with van der Waals surface area (Å²) in [7, 11) is 0. The van der Waals surface area contributed by atoms with Crippen molar-refractivity contribution >= 4 is 0 Å². The van der Waals surface area contributed by atoms with Crippen LogP contribution in [0.15, 0.2) is 72.8 Å². The van der Waals surface area contributed by atoms with Gasteiger partial charge in [-0.25, -0.2) is 0 Å². The number of rotatable bonds is 4. The summed E-state index contributed by atoms with van der Waals surface area (Å²) in [6, 6.07) is 23.0. The van der Waals surface area contributed by atoms with E-state index < -0.39 is 6.36 Å². The minimum absolute atomic E-state index is 0.265. The molecule has 0 aliphatic carbocycles. The van der Waals surface area contributed by atoms with E-state index in [-0.39, 0.29) is 5.75 Å². The summed E-state index contributed by atoms with van der Waals surface area (Å²) in [5.41, 5.74) is 1.46. The molecule has 5 heteroatoms. The van der Waals surface area contributed by atoms with Gasteiger partial charge in [0, 0.05) is 5.56 Å². The standard InChI is InChI=1S/C19H12F3O2/c20-19(21,22)24-16-12-10-14(11-13-16)17-8-4-5-9-18(17)23-15-6-2-1-3-7-15/h1-4,6-13H. The minimum atomic E-state index is -4.70. The van der Waals surface area contributed by atoms with Crippen LogP contribution < -0.4 is 9.47 Å². The number of halogens is 3. The Morgan fingerprint density at radius 1 is 0.792 bits per heavy atom. The maximum absolute atomic E-state index is 12.2. The summed E-state index contributed by atoms with van der Waals surface area (Å²) in [6.45, 7) is 0. The van der Waals surface area contributed by atoms with E-state index in [0.29, 0.717) is 17.1 Å². The first-order valence-corrected chi connectivity index (χ1v) is 7.10. The van der Waals surface area contributed by atoms with Crippen molar-refractivity contribution in [3.8, 4) is 28.4 Å². The summed E-state index contributed by atoms with van der Waals surface area (Å²) < 4.78 is 46.4. The normalized spacial score (nSPS) is 11.1. The molecule has 3 aromatic carbocycles. The zero-order valence-corrected chi connectivity index (χ0v) is 12.4. The molecule has 1 radical (unpaired) electrons. The molecule has 0 fully saturated rings. The molecule has 24 heavy (non-hydrogen) atoms. The van der Waals surface area contributed by atoms with Crippen molar-refractivity contribution in [1.29, 1.82) is 0 Å². The number of alkyl halides is 3. The highest BCUT2D eigenvalue weighted by atomic mass is 19.4. The molecule has 3 aromatic rings. The van der Waals surface area contributed by atoms with Crippen LogP contribution in [0.1, 0.15) is 0 Å². The van der Waals surface area contributed by atoms with E-state index in [9.17, 15) is 13.2 Å². The van der Waals surface area contributed by atoms with Gasteiger partial charge in [-0.2, -0.15) is 0 Å². The van der Waals surface area contributed by atoms with Crippen molar-refractivity contribution in [3.05, 3.63) is 78.9 Å². The van der Waals surface area contributed by atoms with Gasteiger partial charge in [0.1, 0.15) is 17.2 Å². The Morgan fingerprint density at radius 2 is 1.50 bits per heavy atom. The molecule has 0 spiro atoms. The Balaban J connectivity index is 1.87. The monoisotopic (exact) mass is 329 g/mol. The first kappa shape index (κ1) is 15.9. The lowest BCUT2D eigenvalue weighted by molar-refractivity contribution is -0.274. The smallest absolute Gasteiger partial charge is 0.457 e. The van der Waals surface area contributed by atoms with E-state index in [1.54, 1.807) is 30.3 Å². The molecule has 0 bridgehead atoms. The Labute approximate surface area is 137 Å². The first-order chi connectivity index (χ1) is 11.5. The van der Waals surface area contributed by atoms with Crippen LogP contribution in [0.2, 0.25) is 0 Å². The number of hydrogen-bond donors (Lipinski definition) is 0. The van der Waals surface area contributed by atoms with Gasteiger partial charge in [0.25, 0.3) is 0 Å². The number of ether oxygens (including phenoxy) is 2. The van der Waals surface area contributed by atoms with Crippen LogP contribution >= 0.6 is 0 Å². The van der Waals surface area contributed by atoms with E-state index >= 15 is 0 Å². The molecule has 121 valence electrons. The SMILES string of the molecule is FC(F)(F)Oc1ccc(-c2cc[c]cc2Oc2ccccc2)cc1. The average Bonchev–Trinajstić information content (AvgIpc) is 2.56. The van der Waals surface area contributed by atoms with Crippen LogP contribution in [0, 0.1) is 6.07 Å². The highest BCUT2D eigenvalue weighted by Gasteiger charge is 2.30. The maximum atomic E-state index is 12.2. The van der Waals surface area contributed by atoms with Gasteiger partial charge in [-0.05, 0) is 42.0 Å². The number of benzene rings is 3. The average molecular weight is 329 g/mol. The molecule has 0 saturated heterocycles. The first-order valence-electron chi connectivity index (χ1n) is 7.10. The Morgan fingerprint density at radius 3 is 2.17 bits per heavy atom. The second kappa shape index (κ2) is 6.66. The van der Waals surface area contributed by atoms with Crippen LogP contribution in [0.5, 0.6) is 17.2 Å². The molecule has 3 rings (SSSR count). The molecule has 0 saturated carbocycles. The van der Waals surface area contributed by atoms with Crippen LogP contribution in [0.25, 0.3) is 11.1 Å². The molecule has 0 heterocycles. The maximum Gasteiger partial charge on any atom is 0.573 e. The Hall–Kier alpha value is -2.95. The van der Waals surface area contributed by atoms with Gasteiger partial charge in [0.15, 0.2) is 0 Å². The summed E-state index contributed by atoms with van der Waals surface area (Å²) in [5.74, 6) is 0.961. The molecular formula is C19H12F3O2. The third kappa shape index (κ3) is 4.07. The second-order valence-corrected chi connectivity index (χ2v) is 4.91. The lowest BCUT2D eigenvalue weighted by atomic mass is 10.0. The molecule has 0 unspecified atom stereocenters. The fourth-order valence-electron chi connectivity index (χ4n) is 2.19. The fourth-order valence-corrected chi connectivity index (χ4v) is 2.19. The van der Waals surface area contributed by atoms with Gasteiger partial charge >= 0.3 is 6.36 Å². The fraction of sp³-hybridized carbons (Fsp3) is 0.0526. The van der Waals surface area contributed by atoms with Crippen molar-refractivity contribution in [2.45, 2.75) is 6.36 Å². The van der Waals surface area contributed by atoms with Crippen LogP contribution in [-0.4, -0.2) is 6.36 Å².